The Morgan fingerprint density at radius 2 is 1.53 bits per heavy atom. The van der Waals surface area contributed by atoms with Gasteiger partial charge in [-0.1, -0.05) is 42.2 Å². The van der Waals surface area contributed by atoms with E-state index in [1.54, 1.807) is 13.0 Å². The molecule has 4 bridgehead atoms. The summed E-state index contributed by atoms with van der Waals surface area (Å²) in [6.07, 6.45) is 9.61. The highest BCUT2D eigenvalue weighted by molar-refractivity contribution is 6.10. The number of hydrogen-bond acceptors (Lipinski definition) is 15. The third-order valence-corrected chi connectivity index (χ3v) is 16.5. The topological polar surface area (TPSA) is 209 Å². The summed E-state index contributed by atoms with van der Waals surface area (Å²) in [5.41, 5.74) is 5.27. The van der Waals surface area contributed by atoms with Crippen LogP contribution in [0.25, 0.3) is 6.08 Å². The molecule has 0 radical (unpaired) electrons. The third kappa shape index (κ3) is 8.70. The molecule has 384 valence electrons. The molecule has 0 aromatic heterocycles. The lowest BCUT2D eigenvalue weighted by atomic mass is 9.45. The summed E-state index contributed by atoms with van der Waals surface area (Å²) in [7, 11) is 0. The van der Waals surface area contributed by atoms with Crippen LogP contribution in [0.4, 0.5) is 0 Å². The number of rotatable bonds is 14. The van der Waals surface area contributed by atoms with E-state index in [4.69, 9.17) is 23.7 Å². The van der Waals surface area contributed by atoms with Crippen molar-refractivity contribution in [1.29, 1.82) is 0 Å². The van der Waals surface area contributed by atoms with Gasteiger partial charge in [-0.05, 0) is 119 Å². The fourth-order valence-corrected chi connectivity index (χ4v) is 12.8. The number of nitrogens with zero attached hydrogens (tertiary/aromatic N) is 2. The van der Waals surface area contributed by atoms with Crippen LogP contribution in [0.3, 0.4) is 0 Å². The standard InChI is InChI=1S/C54H76N4O12/c1-30(2)16-15-21-52(8)22-20-34-45(68-52)33(18-17-31(3)4)47-38(46(34)67-50-44(63)43(62)41(60)36(29-59)66-50)42(61)39-40(55-57-24-11-9-12-25-57)35-28-37-51(6,7)70-53(48(35)64,54(37,39)69-47)23-19-32(5)49(65)56-58-26-13-10-14-27-58/h16-17,19-20,22,35-37,39-41,43-44,50,55,59-60,62-63H,9-15,18,21,23-29H2,1-8H3,(H,56,65)/t35?,36-,37?,39?,40?,41-,43+,44-,50+,52?,53?,54?/m1/s1. The number of Topliss-reactive ketones (excluding diaryl/α,β-unsaturated/α-hetero) is 2. The van der Waals surface area contributed by atoms with Gasteiger partial charge in [0, 0.05) is 61.6 Å². The molecule has 4 saturated heterocycles. The van der Waals surface area contributed by atoms with Gasteiger partial charge < -0.3 is 44.1 Å². The summed E-state index contributed by atoms with van der Waals surface area (Å²) < 4.78 is 34.9. The number of hydrogen-bond donors (Lipinski definition) is 6. The Morgan fingerprint density at radius 3 is 2.19 bits per heavy atom. The molecule has 12 atom stereocenters. The van der Waals surface area contributed by atoms with E-state index in [2.05, 4.69) is 21.9 Å². The highest BCUT2D eigenvalue weighted by atomic mass is 16.7. The van der Waals surface area contributed by atoms with Crippen molar-refractivity contribution in [2.24, 2.45) is 17.8 Å². The average Bonchev–Trinajstić information content (AvgIpc) is 3.46. The first-order chi connectivity index (χ1) is 33.3. The average molecular weight is 973 g/mol. The predicted octanol–water partition coefficient (Wildman–Crippen LogP) is 5.19. The van der Waals surface area contributed by atoms with E-state index in [0.717, 1.165) is 76.7 Å². The van der Waals surface area contributed by atoms with Gasteiger partial charge in [0.15, 0.2) is 22.8 Å². The molecule has 16 heteroatoms. The number of carbonyl (C=O) groups is 3. The van der Waals surface area contributed by atoms with Crippen LogP contribution in [-0.2, 0) is 25.5 Å². The van der Waals surface area contributed by atoms with Gasteiger partial charge in [-0.3, -0.25) is 25.2 Å². The summed E-state index contributed by atoms with van der Waals surface area (Å²) in [5, 5.41) is 47.6. The van der Waals surface area contributed by atoms with Crippen molar-refractivity contribution < 1.29 is 58.5 Å². The SMILES string of the molecule is CC(C)=CCCC1(C)C=Cc2c(c(CC=C(C)C)c3c(c2O[C@@H]2O[C@H](CO)[C@@H](O)[C@H](O)[C@H]2O)C(=O)C2C(NN4CCCCC4)C4CC5C(C)(C)OC(CC=C(C)C(=O)NN6CCCCC6)(C4=O)C25O3)O1. The number of piperidine rings is 2. The summed E-state index contributed by atoms with van der Waals surface area (Å²) in [6, 6.07) is -0.719. The molecule has 9 aliphatic rings. The molecule has 6 N–H and O–H groups in total. The van der Waals surface area contributed by atoms with E-state index in [1.165, 1.54) is 5.57 Å². The third-order valence-electron chi connectivity index (χ3n) is 16.5. The van der Waals surface area contributed by atoms with Crippen LogP contribution in [0, 0.1) is 17.8 Å². The molecule has 6 aliphatic heterocycles. The minimum Gasteiger partial charge on any atom is -0.482 e. The van der Waals surface area contributed by atoms with Crippen LogP contribution in [0.15, 0.2) is 41.0 Å². The second-order valence-electron chi connectivity index (χ2n) is 22.4. The molecule has 7 unspecified atom stereocenters. The van der Waals surface area contributed by atoms with E-state index in [9.17, 15) is 25.2 Å². The lowest BCUT2D eigenvalue weighted by Crippen LogP contribution is -2.82. The van der Waals surface area contributed by atoms with Crippen LogP contribution in [0.2, 0.25) is 0 Å². The molecular formula is C54H76N4O12. The van der Waals surface area contributed by atoms with Crippen LogP contribution in [0.5, 0.6) is 17.2 Å². The fourth-order valence-electron chi connectivity index (χ4n) is 12.8. The zero-order valence-electron chi connectivity index (χ0n) is 42.3. The number of hydrazine groups is 2. The monoisotopic (exact) mass is 973 g/mol. The summed E-state index contributed by atoms with van der Waals surface area (Å²) in [6.45, 7) is 18.0. The number of ether oxygens (including phenoxy) is 5. The first kappa shape index (κ1) is 51.0. The molecule has 1 aromatic carbocycles. The molecule has 70 heavy (non-hydrogen) atoms. The first-order valence-electron chi connectivity index (χ1n) is 25.8. The predicted molar refractivity (Wildman–Crippen MR) is 261 cm³/mol. The largest absolute Gasteiger partial charge is 0.482 e. The van der Waals surface area contributed by atoms with Crippen LogP contribution in [0.1, 0.15) is 141 Å². The normalized spacial score (nSPS) is 36.6. The second kappa shape index (κ2) is 19.5. The van der Waals surface area contributed by atoms with E-state index < -0.39 is 83.5 Å². The van der Waals surface area contributed by atoms with Crippen molar-refractivity contribution in [3.63, 3.8) is 0 Å². The Bertz CT molecular complexity index is 2340. The quantitative estimate of drug-likeness (QED) is 0.105. The zero-order valence-corrected chi connectivity index (χ0v) is 42.3. The summed E-state index contributed by atoms with van der Waals surface area (Å²) in [4.78, 5) is 46.3. The molecule has 6 heterocycles. The Labute approximate surface area is 412 Å². The van der Waals surface area contributed by atoms with Gasteiger partial charge in [-0.15, -0.1) is 0 Å². The van der Waals surface area contributed by atoms with Gasteiger partial charge in [0.25, 0.3) is 5.91 Å². The van der Waals surface area contributed by atoms with Gasteiger partial charge in [0.2, 0.25) is 6.29 Å². The number of carbonyl (C=O) groups excluding carboxylic acids is 3. The fraction of sp³-hybridized carbons (Fsp3) is 0.685. The van der Waals surface area contributed by atoms with Gasteiger partial charge >= 0.3 is 0 Å². The van der Waals surface area contributed by atoms with E-state index in [1.807, 2.05) is 71.7 Å². The van der Waals surface area contributed by atoms with Crippen molar-refractivity contribution in [1.82, 2.24) is 20.9 Å². The Kier molecular flexibility index (Phi) is 14.2. The second-order valence-corrected chi connectivity index (χ2v) is 22.4. The van der Waals surface area contributed by atoms with Crippen LogP contribution >= 0.6 is 0 Å². The molecule has 10 rings (SSSR count). The summed E-state index contributed by atoms with van der Waals surface area (Å²) >= 11 is 0. The number of benzene rings is 1. The van der Waals surface area contributed by atoms with Crippen LogP contribution < -0.4 is 25.1 Å². The highest BCUT2D eigenvalue weighted by Crippen LogP contribution is 2.70. The highest BCUT2D eigenvalue weighted by Gasteiger charge is 2.85. The minimum atomic E-state index is -1.80. The summed E-state index contributed by atoms with van der Waals surface area (Å²) in [5.74, 6) is -2.47. The molecule has 3 aliphatic carbocycles. The Morgan fingerprint density at radius 1 is 0.857 bits per heavy atom. The van der Waals surface area contributed by atoms with Gasteiger partial charge in [-0.2, -0.15) is 0 Å². The van der Waals surface area contributed by atoms with Crippen molar-refractivity contribution in [2.75, 3.05) is 32.8 Å². The molecule has 16 nitrogen and oxygen atoms in total. The number of allylic oxidation sites excluding steroid dienone is 4. The van der Waals surface area contributed by atoms with E-state index in [-0.39, 0.29) is 47.4 Å². The van der Waals surface area contributed by atoms with Crippen LogP contribution in [-0.4, -0.2) is 140 Å². The number of nitrogens with one attached hydrogen (secondary N) is 2. The van der Waals surface area contributed by atoms with Crippen molar-refractivity contribution in [3.8, 4) is 17.2 Å². The first-order valence-corrected chi connectivity index (χ1v) is 25.8. The number of fused-ring (bicyclic) bond motifs is 2. The maximum Gasteiger partial charge on any atom is 0.260 e. The van der Waals surface area contributed by atoms with Gasteiger partial charge in [0.05, 0.1) is 23.7 Å². The lowest BCUT2D eigenvalue weighted by molar-refractivity contribution is -0.277. The zero-order chi connectivity index (χ0) is 50.1. The Balaban J connectivity index is 1.26. The number of aliphatic hydroxyl groups excluding tert-OH is 4. The van der Waals surface area contributed by atoms with E-state index in [0.29, 0.717) is 35.3 Å². The van der Waals surface area contributed by atoms with Gasteiger partial charge in [0.1, 0.15) is 52.8 Å². The molecule has 1 spiro atoms. The smallest absolute Gasteiger partial charge is 0.260 e. The van der Waals surface area contributed by atoms with E-state index >= 15 is 9.59 Å². The van der Waals surface area contributed by atoms with Crippen molar-refractivity contribution in [3.05, 3.63) is 57.7 Å². The van der Waals surface area contributed by atoms with Crippen molar-refractivity contribution in [2.45, 2.75) is 185 Å². The molecule has 1 aromatic rings. The minimum absolute atomic E-state index is 0.0195. The maximum absolute atomic E-state index is 16.6. The number of aliphatic hydroxyl groups is 4. The molecular weight excluding hydrogens is 897 g/mol. The lowest BCUT2D eigenvalue weighted by Gasteiger charge is -2.63. The number of ketones is 2. The molecule has 7 fully saturated rings. The van der Waals surface area contributed by atoms with Crippen molar-refractivity contribution >= 4 is 23.5 Å². The Hall–Kier alpha value is -3.97. The molecule has 1 amide bonds. The maximum atomic E-state index is 16.6. The number of amides is 1. The molecule has 3 saturated carbocycles. The van der Waals surface area contributed by atoms with Gasteiger partial charge in [-0.25, -0.2) is 10.0 Å².